The summed E-state index contributed by atoms with van der Waals surface area (Å²) in [5, 5.41) is 7.58. The van der Waals surface area contributed by atoms with E-state index in [1.165, 1.54) is 0 Å². The Hall–Kier alpha value is -2.51. The second kappa shape index (κ2) is 5.24. The molecule has 0 fully saturated rings. The maximum Gasteiger partial charge on any atom is 0.341 e. The molecule has 0 aliphatic carbocycles. The van der Waals surface area contributed by atoms with Crippen LogP contribution in [0.3, 0.4) is 0 Å². The van der Waals surface area contributed by atoms with Crippen LogP contribution in [-0.2, 0) is 18.4 Å². The molecule has 0 radical (unpaired) electrons. The Bertz CT molecular complexity index is 670. The van der Waals surface area contributed by atoms with Crippen molar-refractivity contribution in [2.75, 3.05) is 5.73 Å². The highest BCUT2D eigenvalue weighted by Gasteiger charge is 2.17. The summed E-state index contributed by atoms with van der Waals surface area (Å²) in [6.07, 6.45) is 0. The molecule has 0 aliphatic heterocycles. The second-order valence-electron chi connectivity index (χ2n) is 4.15. The summed E-state index contributed by atoms with van der Waals surface area (Å²) in [7, 11) is 1.70. The molecule has 2 N–H and O–H groups in total. The molecule has 0 saturated heterocycles. The number of halogens is 2. The topological polar surface area (TPSA) is 83.0 Å². The average Bonchev–Trinajstić information content (AvgIpc) is 2.71. The Morgan fingerprint density at radius 2 is 2.05 bits per heavy atom. The normalized spacial score (nSPS) is 10.6. The van der Waals surface area contributed by atoms with E-state index in [1.807, 2.05) is 0 Å². The standard InChI is InChI=1S/C12H12F2N4O2/c1-6-16-17-11(18(6)2)5-20-12(19)7-3-10(15)9(14)4-8(7)13/h3-4H,5,15H2,1-2H3. The Balaban J connectivity index is 2.13. The van der Waals surface area contributed by atoms with Gasteiger partial charge in [-0.1, -0.05) is 0 Å². The third-order valence-electron chi connectivity index (χ3n) is 2.82. The summed E-state index contributed by atoms with van der Waals surface area (Å²) in [6.45, 7) is 1.56. The Kier molecular flexibility index (Phi) is 3.64. The summed E-state index contributed by atoms with van der Waals surface area (Å²) in [5.41, 5.74) is 4.53. The van der Waals surface area contributed by atoms with Gasteiger partial charge >= 0.3 is 5.97 Å². The molecule has 106 valence electrons. The molecule has 0 amide bonds. The first kappa shape index (κ1) is 13.9. The molecule has 0 saturated carbocycles. The molecule has 6 nitrogen and oxygen atoms in total. The molecule has 0 bridgehead atoms. The van der Waals surface area contributed by atoms with Gasteiger partial charge in [-0.15, -0.1) is 10.2 Å². The van der Waals surface area contributed by atoms with E-state index in [2.05, 4.69) is 10.2 Å². The van der Waals surface area contributed by atoms with Crippen LogP contribution in [0.25, 0.3) is 0 Å². The zero-order valence-corrected chi connectivity index (χ0v) is 10.9. The SMILES string of the molecule is Cc1nnc(COC(=O)c2cc(N)c(F)cc2F)n1C. The van der Waals surface area contributed by atoms with E-state index >= 15 is 0 Å². The van der Waals surface area contributed by atoms with Crippen LogP contribution in [0.4, 0.5) is 14.5 Å². The molecule has 1 aromatic heterocycles. The molecule has 8 heteroatoms. The number of rotatable bonds is 3. The highest BCUT2D eigenvalue weighted by atomic mass is 19.1. The first-order valence-electron chi connectivity index (χ1n) is 5.66. The van der Waals surface area contributed by atoms with Gasteiger partial charge in [0.05, 0.1) is 11.3 Å². The van der Waals surface area contributed by atoms with Crippen molar-refractivity contribution in [3.05, 3.63) is 41.0 Å². The van der Waals surface area contributed by atoms with Crippen LogP contribution in [0.15, 0.2) is 12.1 Å². The molecule has 0 unspecified atom stereocenters. The van der Waals surface area contributed by atoms with Crippen molar-refractivity contribution in [3.8, 4) is 0 Å². The van der Waals surface area contributed by atoms with Gasteiger partial charge in [-0.05, 0) is 13.0 Å². The van der Waals surface area contributed by atoms with Crippen LogP contribution < -0.4 is 5.73 Å². The Morgan fingerprint density at radius 1 is 1.35 bits per heavy atom. The molecule has 1 heterocycles. The molecule has 0 spiro atoms. The fraction of sp³-hybridized carbons (Fsp3) is 0.250. The monoisotopic (exact) mass is 282 g/mol. The summed E-state index contributed by atoms with van der Waals surface area (Å²) >= 11 is 0. The van der Waals surface area contributed by atoms with E-state index < -0.39 is 23.2 Å². The van der Waals surface area contributed by atoms with Gasteiger partial charge in [-0.2, -0.15) is 0 Å². The molecular formula is C12H12F2N4O2. The van der Waals surface area contributed by atoms with E-state index in [4.69, 9.17) is 10.5 Å². The molecule has 2 aromatic rings. The van der Waals surface area contributed by atoms with Crippen molar-refractivity contribution in [1.82, 2.24) is 14.8 Å². The fourth-order valence-electron chi connectivity index (χ4n) is 1.51. The lowest BCUT2D eigenvalue weighted by molar-refractivity contribution is 0.0453. The molecule has 0 aliphatic rings. The molecular weight excluding hydrogens is 270 g/mol. The van der Waals surface area contributed by atoms with E-state index in [0.29, 0.717) is 17.7 Å². The number of nitrogen functional groups attached to an aromatic ring is 1. The Labute approximate surface area is 113 Å². The number of benzene rings is 1. The van der Waals surface area contributed by atoms with Crippen molar-refractivity contribution < 1.29 is 18.3 Å². The van der Waals surface area contributed by atoms with Crippen molar-refractivity contribution >= 4 is 11.7 Å². The van der Waals surface area contributed by atoms with Crippen molar-refractivity contribution in [3.63, 3.8) is 0 Å². The Morgan fingerprint density at radius 3 is 2.65 bits per heavy atom. The van der Waals surface area contributed by atoms with Gasteiger partial charge in [-0.25, -0.2) is 13.6 Å². The largest absolute Gasteiger partial charge is 0.454 e. The number of esters is 1. The van der Waals surface area contributed by atoms with E-state index in [9.17, 15) is 13.6 Å². The number of aromatic nitrogens is 3. The maximum atomic E-state index is 13.5. The predicted molar refractivity (Wildman–Crippen MR) is 65.6 cm³/mol. The number of ether oxygens (including phenoxy) is 1. The van der Waals surface area contributed by atoms with Crippen molar-refractivity contribution in [2.24, 2.45) is 7.05 Å². The summed E-state index contributed by atoms with van der Waals surface area (Å²) in [4.78, 5) is 11.7. The van der Waals surface area contributed by atoms with Gasteiger partial charge in [0.25, 0.3) is 0 Å². The quantitative estimate of drug-likeness (QED) is 0.678. The summed E-state index contributed by atoms with van der Waals surface area (Å²) < 4.78 is 33.0. The average molecular weight is 282 g/mol. The van der Waals surface area contributed by atoms with Crippen LogP contribution in [0, 0.1) is 18.6 Å². The number of aryl methyl sites for hydroxylation is 1. The number of nitrogens with zero attached hydrogens (tertiary/aromatic N) is 3. The number of hydrogen-bond donors (Lipinski definition) is 1. The summed E-state index contributed by atoms with van der Waals surface area (Å²) in [6, 6.07) is 1.44. The highest BCUT2D eigenvalue weighted by Crippen LogP contribution is 2.17. The first-order chi connectivity index (χ1) is 9.40. The maximum absolute atomic E-state index is 13.5. The predicted octanol–water partition coefficient (Wildman–Crippen LogP) is 1.34. The lowest BCUT2D eigenvalue weighted by atomic mass is 10.2. The first-order valence-corrected chi connectivity index (χ1v) is 5.66. The third kappa shape index (κ3) is 2.58. The van der Waals surface area contributed by atoms with Gasteiger partial charge < -0.3 is 15.0 Å². The molecule has 2 rings (SSSR count). The molecule has 1 aromatic carbocycles. The van der Waals surface area contributed by atoms with Gasteiger partial charge in [0.2, 0.25) is 0 Å². The third-order valence-corrected chi connectivity index (χ3v) is 2.82. The minimum absolute atomic E-state index is 0.174. The van der Waals surface area contributed by atoms with Crippen LogP contribution >= 0.6 is 0 Å². The van der Waals surface area contributed by atoms with Gasteiger partial charge in [0.1, 0.15) is 17.5 Å². The highest BCUT2D eigenvalue weighted by molar-refractivity contribution is 5.90. The minimum Gasteiger partial charge on any atom is -0.454 e. The van der Waals surface area contributed by atoms with Gasteiger partial charge in [-0.3, -0.25) is 0 Å². The number of carbonyl (C=O) groups is 1. The number of anilines is 1. The van der Waals surface area contributed by atoms with E-state index in [0.717, 1.165) is 6.07 Å². The smallest absolute Gasteiger partial charge is 0.341 e. The zero-order valence-electron chi connectivity index (χ0n) is 10.9. The second-order valence-corrected chi connectivity index (χ2v) is 4.15. The van der Waals surface area contributed by atoms with Crippen LogP contribution in [0.2, 0.25) is 0 Å². The van der Waals surface area contributed by atoms with E-state index in [1.54, 1.807) is 18.5 Å². The zero-order chi connectivity index (χ0) is 14.9. The van der Waals surface area contributed by atoms with Gasteiger partial charge in [0, 0.05) is 13.1 Å². The molecule has 20 heavy (non-hydrogen) atoms. The number of hydrogen-bond acceptors (Lipinski definition) is 5. The van der Waals surface area contributed by atoms with Gasteiger partial charge in [0.15, 0.2) is 12.4 Å². The van der Waals surface area contributed by atoms with E-state index in [-0.39, 0.29) is 12.3 Å². The van der Waals surface area contributed by atoms with Crippen molar-refractivity contribution in [1.29, 1.82) is 0 Å². The minimum atomic E-state index is -1.03. The van der Waals surface area contributed by atoms with Crippen LogP contribution in [0.5, 0.6) is 0 Å². The van der Waals surface area contributed by atoms with Crippen LogP contribution in [0.1, 0.15) is 22.0 Å². The number of nitrogens with two attached hydrogens (primary N) is 1. The fourth-order valence-corrected chi connectivity index (χ4v) is 1.51. The van der Waals surface area contributed by atoms with Crippen LogP contribution in [-0.4, -0.2) is 20.7 Å². The lowest BCUT2D eigenvalue weighted by Crippen LogP contribution is -2.11. The molecule has 0 atom stereocenters. The number of carbonyl (C=O) groups excluding carboxylic acids is 1. The lowest BCUT2D eigenvalue weighted by Gasteiger charge is -2.07. The summed E-state index contributed by atoms with van der Waals surface area (Å²) in [5.74, 6) is -1.85. The van der Waals surface area contributed by atoms with Crippen molar-refractivity contribution in [2.45, 2.75) is 13.5 Å².